The highest BCUT2D eigenvalue weighted by atomic mass is 35.5. The number of nitrogens with zero attached hydrogens (tertiary/aromatic N) is 2. The molecule has 3 N–H and O–H groups in total. The van der Waals surface area contributed by atoms with Crippen molar-refractivity contribution in [2.75, 3.05) is 0 Å². The zero-order valence-corrected chi connectivity index (χ0v) is 11.7. The number of hydrogen-bond donors (Lipinski definition) is 2. The molecule has 0 bridgehead atoms. The van der Waals surface area contributed by atoms with E-state index in [1.807, 2.05) is 6.92 Å². The highest BCUT2D eigenvalue weighted by molar-refractivity contribution is 6.31. The Balaban J connectivity index is 2.23. The van der Waals surface area contributed by atoms with Gasteiger partial charge in [0.2, 0.25) is 0 Å². The molecule has 7 heteroatoms. The Labute approximate surface area is 124 Å². The first-order chi connectivity index (χ1) is 9.97. The second-order valence-corrected chi connectivity index (χ2v) is 5.00. The number of aromatic amines is 1. The fraction of sp³-hybridized carbons (Fsp3) is 0.0714. The van der Waals surface area contributed by atoms with E-state index in [1.54, 1.807) is 0 Å². The van der Waals surface area contributed by atoms with Crippen molar-refractivity contribution in [3.63, 3.8) is 0 Å². The fourth-order valence-corrected chi connectivity index (χ4v) is 2.35. The second kappa shape index (κ2) is 4.82. The molecule has 0 aliphatic rings. The van der Waals surface area contributed by atoms with Crippen molar-refractivity contribution < 1.29 is 9.18 Å². The summed E-state index contributed by atoms with van der Waals surface area (Å²) in [5, 5.41) is 0.727. The molecule has 1 aromatic carbocycles. The van der Waals surface area contributed by atoms with Crippen LogP contribution >= 0.6 is 11.6 Å². The van der Waals surface area contributed by atoms with E-state index in [1.165, 1.54) is 24.5 Å². The van der Waals surface area contributed by atoms with Crippen LogP contribution in [0.25, 0.3) is 22.3 Å². The molecule has 0 atom stereocenters. The summed E-state index contributed by atoms with van der Waals surface area (Å²) in [6, 6.07) is 2.87. The molecular formula is C14H10ClFN4O. The van der Waals surface area contributed by atoms with Gasteiger partial charge in [-0.2, -0.15) is 0 Å². The molecule has 0 fully saturated rings. The number of carbonyl (C=O) groups excluding carboxylic acids is 1. The highest BCUT2D eigenvalue weighted by Crippen LogP contribution is 2.31. The number of aryl methyl sites for hydroxylation is 1. The molecule has 1 amide bonds. The number of benzene rings is 1. The smallest absolute Gasteiger partial charge is 0.268 e. The average molecular weight is 305 g/mol. The van der Waals surface area contributed by atoms with Gasteiger partial charge in [0.05, 0.1) is 23.1 Å². The SMILES string of the molecule is Cc1c(-c2cncc(C(N)=O)n2)[nH]c2cc(Cl)c(F)cc12. The number of nitrogens with two attached hydrogens (primary N) is 1. The Kier molecular flexibility index (Phi) is 3.10. The summed E-state index contributed by atoms with van der Waals surface area (Å²) < 4.78 is 13.6. The van der Waals surface area contributed by atoms with E-state index < -0.39 is 11.7 Å². The number of H-pyrrole nitrogens is 1. The van der Waals surface area contributed by atoms with Crippen LogP contribution in [-0.2, 0) is 0 Å². The van der Waals surface area contributed by atoms with Gasteiger partial charge in [0, 0.05) is 10.9 Å². The van der Waals surface area contributed by atoms with E-state index in [-0.39, 0.29) is 10.7 Å². The van der Waals surface area contributed by atoms with Gasteiger partial charge in [-0.15, -0.1) is 0 Å². The van der Waals surface area contributed by atoms with Gasteiger partial charge in [-0.1, -0.05) is 11.6 Å². The molecule has 0 aliphatic carbocycles. The van der Waals surface area contributed by atoms with E-state index in [2.05, 4.69) is 15.0 Å². The maximum absolute atomic E-state index is 13.6. The quantitative estimate of drug-likeness (QED) is 0.763. The molecule has 0 saturated heterocycles. The summed E-state index contributed by atoms with van der Waals surface area (Å²) in [7, 11) is 0. The second-order valence-electron chi connectivity index (χ2n) is 4.59. The minimum Gasteiger partial charge on any atom is -0.364 e. The van der Waals surface area contributed by atoms with Crippen LogP contribution in [0, 0.1) is 12.7 Å². The molecule has 0 aliphatic heterocycles. The molecule has 0 unspecified atom stereocenters. The van der Waals surface area contributed by atoms with E-state index in [0.717, 1.165) is 5.56 Å². The normalized spacial score (nSPS) is 11.0. The van der Waals surface area contributed by atoms with Gasteiger partial charge in [-0.05, 0) is 24.6 Å². The summed E-state index contributed by atoms with van der Waals surface area (Å²) in [4.78, 5) is 22.4. The van der Waals surface area contributed by atoms with Crippen LogP contribution in [0.1, 0.15) is 16.1 Å². The first kappa shape index (κ1) is 13.5. The lowest BCUT2D eigenvalue weighted by Gasteiger charge is -2.01. The maximum atomic E-state index is 13.6. The zero-order chi connectivity index (χ0) is 15.1. The monoisotopic (exact) mass is 304 g/mol. The summed E-state index contributed by atoms with van der Waals surface area (Å²) in [5.41, 5.74) is 7.82. The molecule has 2 heterocycles. The third-order valence-electron chi connectivity index (χ3n) is 3.24. The number of aromatic nitrogens is 3. The predicted molar refractivity (Wildman–Crippen MR) is 77.5 cm³/mol. The molecule has 0 radical (unpaired) electrons. The van der Waals surface area contributed by atoms with Crippen LogP contribution in [-0.4, -0.2) is 20.9 Å². The maximum Gasteiger partial charge on any atom is 0.268 e. The van der Waals surface area contributed by atoms with E-state index in [0.29, 0.717) is 22.3 Å². The predicted octanol–water partition coefficient (Wildman–Crippen LogP) is 2.82. The van der Waals surface area contributed by atoms with Gasteiger partial charge < -0.3 is 10.7 Å². The van der Waals surface area contributed by atoms with Crippen LogP contribution in [0.5, 0.6) is 0 Å². The number of nitrogens with one attached hydrogen (secondary N) is 1. The lowest BCUT2D eigenvalue weighted by atomic mass is 10.1. The molecule has 21 heavy (non-hydrogen) atoms. The van der Waals surface area contributed by atoms with Gasteiger partial charge in [-0.3, -0.25) is 9.78 Å². The number of hydrogen-bond acceptors (Lipinski definition) is 3. The van der Waals surface area contributed by atoms with Gasteiger partial charge in [0.15, 0.2) is 0 Å². The number of fused-ring (bicyclic) bond motifs is 1. The molecule has 3 aromatic rings. The third-order valence-corrected chi connectivity index (χ3v) is 3.53. The largest absolute Gasteiger partial charge is 0.364 e. The molecule has 0 spiro atoms. The Bertz CT molecular complexity index is 875. The zero-order valence-electron chi connectivity index (χ0n) is 10.9. The van der Waals surface area contributed by atoms with Gasteiger partial charge in [0.25, 0.3) is 5.91 Å². The van der Waals surface area contributed by atoms with Crippen LogP contribution in [0.3, 0.4) is 0 Å². The standard InChI is InChI=1S/C14H10ClFN4O/c1-6-7-2-9(16)8(15)3-10(7)20-13(6)11-4-18-5-12(19-11)14(17)21/h2-5,20H,1H3,(H2,17,21). The van der Waals surface area contributed by atoms with Crippen LogP contribution in [0.4, 0.5) is 4.39 Å². The summed E-state index contributed by atoms with van der Waals surface area (Å²) in [6.07, 6.45) is 2.79. The number of halogens is 2. The molecule has 3 rings (SSSR count). The van der Waals surface area contributed by atoms with E-state index >= 15 is 0 Å². The van der Waals surface area contributed by atoms with Crippen molar-refractivity contribution in [1.82, 2.24) is 15.0 Å². The van der Waals surface area contributed by atoms with Crippen molar-refractivity contribution >= 4 is 28.4 Å². The first-order valence-corrected chi connectivity index (χ1v) is 6.44. The Morgan fingerprint density at radius 3 is 2.86 bits per heavy atom. The summed E-state index contributed by atoms with van der Waals surface area (Å²) in [5.74, 6) is -1.15. The lowest BCUT2D eigenvalue weighted by molar-refractivity contribution is 0.0995. The van der Waals surface area contributed by atoms with Crippen LogP contribution in [0.2, 0.25) is 5.02 Å². The first-order valence-electron chi connectivity index (χ1n) is 6.07. The van der Waals surface area contributed by atoms with E-state index in [9.17, 15) is 9.18 Å². The topological polar surface area (TPSA) is 84.7 Å². The number of rotatable bonds is 2. The van der Waals surface area contributed by atoms with Crippen LogP contribution < -0.4 is 5.73 Å². The summed E-state index contributed by atoms with van der Waals surface area (Å²) in [6.45, 7) is 1.82. The minimum absolute atomic E-state index is 0.0345. The highest BCUT2D eigenvalue weighted by Gasteiger charge is 2.14. The molecule has 2 aromatic heterocycles. The van der Waals surface area contributed by atoms with Gasteiger partial charge >= 0.3 is 0 Å². The number of primary amides is 1. The number of carbonyl (C=O) groups is 1. The van der Waals surface area contributed by atoms with Crippen LogP contribution in [0.15, 0.2) is 24.5 Å². The van der Waals surface area contributed by atoms with Crippen molar-refractivity contribution in [3.05, 3.63) is 46.6 Å². The fourth-order valence-electron chi connectivity index (χ4n) is 2.18. The van der Waals surface area contributed by atoms with E-state index in [4.69, 9.17) is 17.3 Å². The van der Waals surface area contributed by atoms with Gasteiger partial charge in [-0.25, -0.2) is 9.37 Å². The van der Waals surface area contributed by atoms with Crippen molar-refractivity contribution in [1.29, 1.82) is 0 Å². The molecule has 106 valence electrons. The Hall–Kier alpha value is -2.47. The molecule has 0 saturated carbocycles. The van der Waals surface area contributed by atoms with Gasteiger partial charge in [0.1, 0.15) is 17.2 Å². The third kappa shape index (κ3) is 2.23. The lowest BCUT2D eigenvalue weighted by Crippen LogP contribution is -2.13. The Morgan fingerprint density at radius 2 is 2.14 bits per heavy atom. The average Bonchev–Trinajstić information content (AvgIpc) is 2.77. The van der Waals surface area contributed by atoms with Crippen molar-refractivity contribution in [3.8, 4) is 11.4 Å². The van der Waals surface area contributed by atoms with Crippen molar-refractivity contribution in [2.24, 2.45) is 5.73 Å². The molecular weight excluding hydrogens is 295 g/mol. The minimum atomic E-state index is -0.660. The number of amides is 1. The van der Waals surface area contributed by atoms with Crippen molar-refractivity contribution in [2.45, 2.75) is 6.92 Å². The summed E-state index contributed by atoms with van der Waals surface area (Å²) >= 11 is 5.78. The Morgan fingerprint density at radius 1 is 1.38 bits per heavy atom. The molecule has 5 nitrogen and oxygen atoms in total.